The van der Waals surface area contributed by atoms with Gasteiger partial charge in [-0.1, -0.05) is 37.5 Å². The number of hydrogen-bond donors (Lipinski definition) is 1. The Kier molecular flexibility index (Phi) is 5.08. The van der Waals surface area contributed by atoms with E-state index in [1.54, 1.807) is 12.1 Å². The van der Waals surface area contributed by atoms with Gasteiger partial charge in [-0.3, -0.25) is 0 Å². The van der Waals surface area contributed by atoms with Gasteiger partial charge in [0.25, 0.3) is 0 Å². The third-order valence-corrected chi connectivity index (χ3v) is 4.29. The summed E-state index contributed by atoms with van der Waals surface area (Å²) in [6, 6.07) is 6.09. The first kappa shape index (κ1) is 15.4. The molecule has 112 valence electrons. The molecular weight excluding hydrogens is 263 g/mol. The van der Waals surface area contributed by atoms with E-state index in [2.05, 4.69) is 12.2 Å². The molecule has 1 N–H and O–H groups in total. The van der Waals surface area contributed by atoms with Crippen molar-refractivity contribution in [3.8, 4) is 0 Å². The van der Waals surface area contributed by atoms with Gasteiger partial charge >= 0.3 is 6.18 Å². The maximum absolute atomic E-state index is 12.9. The largest absolute Gasteiger partial charge is 0.416 e. The lowest BCUT2D eigenvalue weighted by atomic mass is 9.84. The first-order valence-corrected chi connectivity index (χ1v) is 7.37. The van der Waals surface area contributed by atoms with Crippen molar-refractivity contribution < 1.29 is 13.2 Å². The van der Waals surface area contributed by atoms with Crippen LogP contribution in [0.25, 0.3) is 0 Å². The molecule has 0 spiro atoms. The second kappa shape index (κ2) is 6.61. The zero-order valence-electron chi connectivity index (χ0n) is 11.8. The predicted molar refractivity (Wildman–Crippen MR) is 74.3 cm³/mol. The van der Waals surface area contributed by atoms with E-state index in [1.165, 1.54) is 38.2 Å². The third-order valence-electron chi connectivity index (χ3n) is 4.29. The highest BCUT2D eigenvalue weighted by Gasteiger charge is 2.32. The van der Waals surface area contributed by atoms with Crippen molar-refractivity contribution in [3.05, 3.63) is 35.4 Å². The number of hydrogen-bond acceptors (Lipinski definition) is 1. The zero-order chi connectivity index (χ0) is 14.6. The highest BCUT2D eigenvalue weighted by molar-refractivity contribution is 5.29. The molecule has 1 fully saturated rings. The van der Waals surface area contributed by atoms with E-state index < -0.39 is 11.7 Å². The summed E-state index contributed by atoms with van der Waals surface area (Å²) < 4.78 is 38.7. The van der Waals surface area contributed by atoms with Crippen LogP contribution in [0, 0.1) is 5.92 Å². The van der Waals surface area contributed by atoms with Crippen LogP contribution in [0.2, 0.25) is 0 Å². The Morgan fingerprint density at radius 2 is 1.80 bits per heavy atom. The molecule has 0 bridgehead atoms. The molecule has 0 saturated heterocycles. The summed E-state index contributed by atoms with van der Waals surface area (Å²) in [7, 11) is 0. The molecule has 1 nitrogen and oxygen atoms in total. The molecule has 2 rings (SSSR count). The van der Waals surface area contributed by atoms with Gasteiger partial charge in [0, 0.05) is 12.6 Å². The Balaban J connectivity index is 1.96. The van der Waals surface area contributed by atoms with Crippen molar-refractivity contribution in [2.75, 3.05) is 0 Å². The van der Waals surface area contributed by atoms with Crippen LogP contribution in [0.4, 0.5) is 13.2 Å². The molecule has 0 amide bonds. The lowest BCUT2D eigenvalue weighted by molar-refractivity contribution is -0.138. The van der Waals surface area contributed by atoms with Crippen LogP contribution in [0.1, 0.15) is 50.2 Å². The minimum atomic E-state index is -4.27. The van der Waals surface area contributed by atoms with Gasteiger partial charge in [0.05, 0.1) is 5.56 Å². The summed E-state index contributed by atoms with van der Waals surface area (Å²) in [4.78, 5) is 0. The van der Waals surface area contributed by atoms with Crippen LogP contribution < -0.4 is 5.32 Å². The molecule has 1 aromatic carbocycles. The van der Waals surface area contributed by atoms with Crippen molar-refractivity contribution in [1.82, 2.24) is 5.32 Å². The van der Waals surface area contributed by atoms with E-state index in [0.717, 1.165) is 6.07 Å². The first-order chi connectivity index (χ1) is 9.48. The molecule has 0 aromatic heterocycles. The fourth-order valence-corrected chi connectivity index (χ4v) is 3.02. The average molecular weight is 285 g/mol. The summed E-state index contributed by atoms with van der Waals surface area (Å²) in [5.41, 5.74) is -0.189. The van der Waals surface area contributed by atoms with Crippen LogP contribution in [0.3, 0.4) is 0 Å². The molecule has 4 heteroatoms. The van der Waals surface area contributed by atoms with Gasteiger partial charge in [-0.2, -0.15) is 13.2 Å². The van der Waals surface area contributed by atoms with Gasteiger partial charge in [0.15, 0.2) is 0 Å². The number of rotatable bonds is 4. The van der Waals surface area contributed by atoms with E-state index in [1.807, 2.05) is 0 Å². The summed E-state index contributed by atoms with van der Waals surface area (Å²) in [5.74, 6) is 0.599. The molecule has 1 aliphatic carbocycles. The third kappa shape index (κ3) is 3.98. The second-order valence-electron chi connectivity index (χ2n) is 5.72. The van der Waals surface area contributed by atoms with E-state index in [0.29, 0.717) is 11.5 Å². The maximum atomic E-state index is 12.9. The van der Waals surface area contributed by atoms with Gasteiger partial charge in [-0.05, 0) is 37.3 Å². The number of alkyl halides is 3. The predicted octanol–water partition coefficient (Wildman–Crippen LogP) is 4.76. The highest BCUT2D eigenvalue weighted by Crippen LogP contribution is 2.32. The summed E-state index contributed by atoms with van der Waals surface area (Å²) in [5, 5.41) is 3.28. The molecule has 1 aliphatic rings. The van der Waals surface area contributed by atoms with Gasteiger partial charge in [0.2, 0.25) is 0 Å². The quantitative estimate of drug-likeness (QED) is 0.840. The lowest BCUT2D eigenvalue weighted by Gasteiger charge is -2.28. The summed E-state index contributed by atoms with van der Waals surface area (Å²) in [6.45, 7) is 2.37. The highest BCUT2D eigenvalue weighted by atomic mass is 19.4. The van der Waals surface area contributed by atoms with E-state index in [-0.39, 0.29) is 12.6 Å². The molecule has 1 aromatic rings. The smallest absolute Gasteiger partial charge is 0.310 e. The minimum absolute atomic E-state index is 0.275. The Labute approximate surface area is 118 Å². The molecule has 0 unspecified atom stereocenters. The standard InChI is InChI=1S/C16H22F3N/c1-12(13-7-3-2-4-8-13)20-11-14-9-5-6-10-15(14)16(17,18)19/h5-6,9-10,12-13,20H,2-4,7-8,11H2,1H3/t12-/m0/s1. The molecule has 0 aliphatic heterocycles. The van der Waals surface area contributed by atoms with Crippen LogP contribution in [-0.4, -0.2) is 6.04 Å². The van der Waals surface area contributed by atoms with Gasteiger partial charge in [0.1, 0.15) is 0 Å². The Bertz CT molecular complexity index is 422. The van der Waals surface area contributed by atoms with Gasteiger partial charge in [-0.15, -0.1) is 0 Å². The minimum Gasteiger partial charge on any atom is -0.310 e. The maximum Gasteiger partial charge on any atom is 0.416 e. The monoisotopic (exact) mass is 285 g/mol. The number of benzene rings is 1. The van der Waals surface area contributed by atoms with Crippen molar-refractivity contribution in [2.24, 2.45) is 5.92 Å². The number of nitrogens with one attached hydrogen (secondary N) is 1. The zero-order valence-corrected chi connectivity index (χ0v) is 11.8. The number of halogens is 3. The molecule has 1 saturated carbocycles. The Morgan fingerprint density at radius 3 is 2.45 bits per heavy atom. The fourth-order valence-electron chi connectivity index (χ4n) is 3.02. The van der Waals surface area contributed by atoms with Crippen molar-refractivity contribution in [2.45, 2.75) is 57.8 Å². The van der Waals surface area contributed by atoms with Crippen LogP contribution in [0.5, 0.6) is 0 Å². The van der Waals surface area contributed by atoms with Gasteiger partial charge < -0.3 is 5.32 Å². The van der Waals surface area contributed by atoms with Crippen molar-refractivity contribution in [1.29, 1.82) is 0 Å². The molecule has 0 heterocycles. The average Bonchev–Trinajstić information content (AvgIpc) is 2.45. The Hall–Kier alpha value is -1.03. The van der Waals surface area contributed by atoms with Crippen LogP contribution in [-0.2, 0) is 12.7 Å². The van der Waals surface area contributed by atoms with Gasteiger partial charge in [-0.25, -0.2) is 0 Å². The molecule has 20 heavy (non-hydrogen) atoms. The molecule has 0 radical (unpaired) electrons. The first-order valence-electron chi connectivity index (χ1n) is 7.37. The SMILES string of the molecule is C[C@H](NCc1ccccc1C(F)(F)F)C1CCCCC1. The van der Waals surface area contributed by atoms with Crippen molar-refractivity contribution >= 4 is 0 Å². The van der Waals surface area contributed by atoms with E-state index >= 15 is 0 Å². The Morgan fingerprint density at radius 1 is 1.15 bits per heavy atom. The lowest BCUT2D eigenvalue weighted by Crippen LogP contribution is -2.34. The topological polar surface area (TPSA) is 12.0 Å². The normalized spacial score (nSPS) is 19.0. The van der Waals surface area contributed by atoms with E-state index in [4.69, 9.17) is 0 Å². The summed E-state index contributed by atoms with van der Waals surface area (Å²) in [6.07, 6.45) is 1.89. The van der Waals surface area contributed by atoms with Crippen LogP contribution in [0.15, 0.2) is 24.3 Å². The second-order valence-corrected chi connectivity index (χ2v) is 5.72. The molecular formula is C16H22F3N. The summed E-state index contributed by atoms with van der Waals surface area (Å²) >= 11 is 0. The van der Waals surface area contributed by atoms with Crippen LogP contribution >= 0.6 is 0 Å². The fraction of sp³-hybridized carbons (Fsp3) is 0.625. The van der Waals surface area contributed by atoms with E-state index in [9.17, 15) is 13.2 Å². The van der Waals surface area contributed by atoms with Crippen molar-refractivity contribution in [3.63, 3.8) is 0 Å². The molecule has 1 atom stereocenters.